The second kappa shape index (κ2) is 18.1. The first-order chi connectivity index (χ1) is 43.9. The standard InChI is InChI=1S/C84H60N6/c1-82(2)67-25-13-7-19-55(67)58-37-31-49(43-70(58)82)52-34-40-64-61-22-10-16-28-73(61)88(76(64)46-52)79-85-80(89-74-29-17-11-23-62(74)65-41-35-53(47-77(65)89)50-32-38-59-56-20-8-14-26-68(56)83(3,4)71(59)44-50)87-81(86-79)90-75-30-18-12-24-63(75)66-42-36-54(48-78(66)90)51-33-39-60-57-21-9-15-27-69(57)84(5,6)72(60)45-51/h7-48H,1-6H3. The molecule has 90 heavy (non-hydrogen) atoms. The third-order valence-electron chi connectivity index (χ3n) is 21.0. The lowest BCUT2D eigenvalue weighted by Gasteiger charge is -2.22. The Balaban J connectivity index is 0.861. The summed E-state index contributed by atoms with van der Waals surface area (Å²) in [6.45, 7) is 14.1. The number of rotatable bonds is 6. The molecule has 0 saturated heterocycles. The highest BCUT2D eigenvalue weighted by Gasteiger charge is 2.38. The number of para-hydroxylation sites is 3. The molecule has 0 radical (unpaired) electrons. The summed E-state index contributed by atoms with van der Waals surface area (Å²) in [5, 5.41) is 6.73. The number of aromatic nitrogens is 6. The smallest absolute Gasteiger partial charge is 0.241 e. The summed E-state index contributed by atoms with van der Waals surface area (Å²) in [4.78, 5) is 17.4. The van der Waals surface area contributed by atoms with Crippen molar-refractivity contribution in [3.8, 4) is 84.6 Å². The van der Waals surface area contributed by atoms with Crippen LogP contribution < -0.4 is 0 Å². The predicted molar refractivity (Wildman–Crippen MR) is 372 cm³/mol. The summed E-state index contributed by atoms with van der Waals surface area (Å²) in [5.41, 5.74) is 28.5. The van der Waals surface area contributed by atoms with E-state index in [1.165, 1.54) is 83.5 Å². The number of fused-ring (bicyclic) bond motifs is 18. The third-order valence-corrected chi connectivity index (χ3v) is 21.0. The van der Waals surface area contributed by atoms with Gasteiger partial charge in [0.2, 0.25) is 17.8 Å². The maximum Gasteiger partial charge on any atom is 0.241 e. The Bertz CT molecular complexity index is 5260. The van der Waals surface area contributed by atoms with Gasteiger partial charge in [0.15, 0.2) is 0 Å². The van der Waals surface area contributed by atoms with Crippen molar-refractivity contribution in [2.45, 2.75) is 57.8 Å². The van der Waals surface area contributed by atoms with Crippen LogP contribution in [0.15, 0.2) is 255 Å². The highest BCUT2D eigenvalue weighted by Crippen LogP contribution is 2.53. The molecule has 4 heterocycles. The third kappa shape index (κ3) is 6.96. The van der Waals surface area contributed by atoms with Gasteiger partial charge in [-0.2, -0.15) is 15.0 Å². The lowest BCUT2D eigenvalue weighted by Crippen LogP contribution is -2.14. The lowest BCUT2D eigenvalue weighted by molar-refractivity contribution is 0.660. The quantitative estimate of drug-likeness (QED) is 0.167. The Morgan fingerprint density at radius 2 is 0.444 bits per heavy atom. The van der Waals surface area contributed by atoms with Gasteiger partial charge in [0.1, 0.15) is 0 Å². The molecule has 0 aliphatic heterocycles. The van der Waals surface area contributed by atoms with Crippen LogP contribution in [0.4, 0.5) is 0 Å². The lowest BCUT2D eigenvalue weighted by atomic mass is 9.81. The fraction of sp³-hybridized carbons (Fsp3) is 0.107. The van der Waals surface area contributed by atoms with Crippen molar-refractivity contribution < 1.29 is 0 Å². The first-order valence-corrected chi connectivity index (χ1v) is 31.5. The van der Waals surface area contributed by atoms with Gasteiger partial charge in [0, 0.05) is 48.6 Å². The van der Waals surface area contributed by atoms with Crippen LogP contribution in [-0.2, 0) is 16.2 Å². The van der Waals surface area contributed by atoms with Crippen molar-refractivity contribution >= 4 is 65.4 Å². The minimum atomic E-state index is -0.144. The maximum atomic E-state index is 5.79. The zero-order chi connectivity index (χ0) is 60.1. The van der Waals surface area contributed by atoms with E-state index in [0.29, 0.717) is 17.8 Å². The number of hydrogen-bond acceptors (Lipinski definition) is 3. The highest BCUT2D eigenvalue weighted by atomic mass is 15.3. The molecular formula is C84H60N6. The van der Waals surface area contributed by atoms with Crippen LogP contribution in [0.25, 0.3) is 150 Å². The van der Waals surface area contributed by atoms with Crippen molar-refractivity contribution in [2.75, 3.05) is 0 Å². The molecule has 12 aromatic carbocycles. The second-order valence-electron chi connectivity index (χ2n) is 26.8. The van der Waals surface area contributed by atoms with Gasteiger partial charge in [-0.05, 0) is 155 Å². The summed E-state index contributed by atoms with van der Waals surface area (Å²) >= 11 is 0. The van der Waals surface area contributed by atoms with Gasteiger partial charge in [-0.1, -0.05) is 242 Å². The Morgan fingerprint density at radius 3 is 0.756 bits per heavy atom. The first kappa shape index (κ1) is 51.1. The summed E-state index contributed by atoms with van der Waals surface area (Å²) in [6.07, 6.45) is 0. The summed E-state index contributed by atoms with van der Waals surface area (Å²) < 4.78 is 6.84. The van der Waals surface area contributed by atoms with Gasteiger partial charge in [-0.15, -0.1) is 0 Å². The summed E-state index contributed by atoms with van der Waals surface area (Å²) in [5.74, 6) is 1.57. The van der Waals surface area contributed by atoms with Gasteiger partial charge < -0.3 is 0 Å². The van der Waals surface area contributed by atoms with E-state index < -0.39 is 0 Å². The molecule has 0 bridgehead atoms. The van der Waals surface area contributed by atoms with E-state index in [1.807, 2.05) is 0 Å². The molecule has 19 rings (SSSR count). The molecule has 0 spiro atoms. The van der Waals surface area contributed by atoms with E-state index in [1.54, 1.807) is 0 Å². The van der Waals surface area contributed by atoms with Crippen LogP contribution in [-0.4, -0.2) is 28.7 Å². The van der Waals surface area contributed by atoms with Crippen molar-refractivity contribution in [1.29, 1.82) is 0 Å². The Kier molecular flexibility index (Phi) is 10.3. The molecule has 0 amide bonds. The van der Waals surface area contributed by atoms with E-state index in [0.717, 1.165) is 82.1 Å². The van der Waals surface area contributed by atoms with Crippen LogP contribution in [0, 0.1) is 0 Å². The average molecular weight is 1150 g/mol. The Morgan fingerprint density at radius 1 is 0.211 bits per heavy atom. The predicted octanol–water partition coefficient (Wildman–Crippen LogP) is 21.1. The fourth-order valence-electron chi connectivity index (χ4n) is 16.4. The molecule has 0 atom stereocenters. The summed E-state index contributed by atoms with van der Waals surface area (Å²) in [6, 6.07) is 94.6. The van der Waals surface area contributed by atoms with Crippen LogP contribution in [0.1, 0.15) is 74.9 Å². The van der Waals surface area contributed by atoms with Crippen molar-refractivity contribution in [2.24, 2.45) is 0 Å². The number of hydrogen-bond donors (Lipinski definition) is 0. The van der Waals surface area contributed by atoms with Gasteiger partial charge in [0.05, 0.1) is 33.1 Å². The van der Waals surface area contributed by atoms with Gasteiger partial charge >= 0.3 is 0 Å². The second-order valence-corrected chi connectivity index (χ2v) is 26.8. The minimum Gasteiger partial charge on any atom is -0.278 e. The fourth-order valence-corrected chi connectivity index (χ4v) is 16.4. The largest absolute Gasteiger partial charge is 0.278 e. The average Bonchev–Trinajstić information content (AvgIpc) is 1.60. The topological polar surface area (TPSA) is 53.5 Å². The van der Waals surface area contributed by atoms with Gasteiger partial charge in [0.25, 0.3) is 0 Å². The van der Waals surface area contributed by atoms with Gasteiger partial charge in [-0.3, -0.25) is 13.7 Å². The Hall–Kier alpha value is -11.0. The maximum absolute atomic E-state index is 5.79. The molecule has 4 aromatic heterocycles. The number of benzene rings is 12. The van der Waals surface area contributed by atoms with E-state index in [-0.39, 0.29) is 16.2 Å². The number of nitrogens with zero attached hydrogens (tertiary/aromatic N) is 6. The summed E-state index contributed by atoms with van der Waals surface area (Å²) in [7, 11) is 0. The van der Waals surface area contributed by atoms with Crippen molar-refractivity contribution in [3.05, 3.63) is 288 Å². The Labute approximate surface area is 521 Å². The molecule has 3 aliphatic carbocycles. The van der Waals surface area contributed by atoms with E-state index in [9.17, 15) is 0 Å². The van der Waals surface area contributed by atoms with Crippen molar-refractivity contribution in [1.82, 2.24) is 28.7 Å². The monoisotopic (exact) mass is 1150 g/mol. The zero-order valence-corrected chi connectivity index (χ0v) is 50.9. The van der Waals surface area contributed by atoms with Crippen molar-refractivity contribution in [3.63, 3.8) is 0 Å². The SMILES string of the molecule is CC1(C)c2ccccc2-c2ccc(-c3ccc4c5ccccc5n(-c5nc(-n6c7ccccc7c7ccc(-c8ccc9c(c8)C(C)(C)c8ccccc8-9)cc76)nc(-n6c7ccccc7c7ccc(-c8ccc9c(c8)C(C)(C)c8ccccc8-9)cc76)n5)c4c3)cc21. The molecule has 3 aliphatic rings. The normalized spacial score (nSPS) is 14.6. The van der Waals surface area contributed by atoms with E-state index in [2.05, 4.69) is 310 Å². The van der Waals surface area contributed by atoms with Gasteiger partial charge in [-0.25, -0.2) is 0 Å². The van der Waals surface area contributed by atoms with E-state index in [4.69, 9.17) is 15.0 Å². The molecule has 0 N–H and O–H groups in total. The molecule has 0 saturated carbocycles. The highest BCUT2D eigenvalue weighted by molar-refractivity contribution is 6.13. The first-order valence-electron chi connectivity index (χ1n) is 31.5. The minimum absolute atomic E-state index is 0.144. The molecule has 426 valence electrons. The molecule has 0 fully saturated rings. The molecule has 0 unspecified atom stereocenters. The molecular weight excluding hydrogens is 1090 g/mol. The zero-order valence-electron chi connectivity index (χ0n) is 50.9. The van der Waals surface area contributed by atoms with Crippen LogP contribution in [0.3, 0.4) is 0 Å². The molecule has 6 heteroatoms. The van der Waals surface area contributed by atoms with Crippen LogP contribution >= 0.6 is 0 Å². The molecule has 6 nitrogen and oxygen atoms in total. The van der Waals surface area contributed by atoms with Crippen LogP contribution in [0.5, 0.6) is 0 Å². The molecule has 16 aromatic rings. The van der Waals surface area contributed by atoms with E-state index >= 15 is 0 Å². The van der Waals surface area contributed by atoms with Crippen LogP contribution in [0.2, 0.25) is 0 Å².